The van der Waals surface area contributed by atoms with Gasteiger partial charge in [-0.1, -0.05) is 30.3 Å². The molecule has 3 heterocycles. The number of furan rings is 1. The number of carbonyl (C=O) groups is 1. The Labute approximate surface area is 190 Å². The van der Waals surface area contributed by atoms with Gasteiger partial charge in [-0.15, -0.1) is 11.3 Å². The summed E-state index contributed by atoms with van der Waals surface area (Å²) in [4.78, 5) is 21.3. The fraction of sp³-hybridized carbons (Fsp3) is 0.280. The lowest BCUT2D eigenvalue weighted by Crippen LogP contribution is -2.29. The number of fused-ring (bicyclic) bond motifs is 2. The lowest BCUT2D eigenvalue weighted by Gasteiger charge is -2.25. The number of benzene rings is 2. The van der Waals surface area contributed by atoms with Crippen molar-refractivity contribution in [2.45, 2.75) is 33.4 Å². The Bertz CT molecular complexity index is 1260. The van der Waals surface area contributed by atoms with Crippen LogP contribution in [0.3, 0.4) is 0 Å². The molecule has 0 fully saturated rings. The van der Waals surface area contributed by atoms with E-state index in [-0.39, 0.29) is 5.91 Å². The third-order valence-corrected chi connectivity index (χ3v) is 6.70. The molecule has 1 N–H and O–H groups in total. The van der Waals surface area contributed by atoms with Gasteiger partial charge < -0.3 is 9.15 Å². The molecule has 2 aromatic carbocycles. The number of ether oxygens (including phenoxy) is 1. The summed E-state index contributed by atoms with van der Waals surface area (Å²) in [6.45, 7) is 7.16. The number of amides is 1. The number of rotatable bonds is 6. The van der Waals surface area contributed by atoms with E-state index < -0.39 is 0 Å². The minimum atomic E-state index is -0.274. The molecule has 0 radical (unpaired) electrons. The maximum atomic E-state index is 13.0. The molecule has 4 aromatic rings. The zero-order valence-corrected chi connectivity index (χ0v) is 19.0. The highest BCUT2D eigenvalue weighted by Crippen LogP contribution is 2.32. The van der Waals surface area contributed by atoms with E-state index >= 15 is 0 Å². The van der Waals surface area contributed by atoms with Crippen molar-refractivity contribution in [3.8, 4) is 5.75 Å². The maximum Gasteiger partial charge on any atom is 0.293 e. The van der Waals surface area contributed by atoms with Crippen LogP contribution in [0.4, 0.5) is 5.13 Å². The van der Waals surface area contributed by atoms with Crippen LogP contribution in [-0.4, -0.2) is 28.9 Å². The summed E-state index contributed by atoms with van der Waals surface area (Å²) in [5.74, 6) is 0.805. The molecular formula is C25H25N3O3S. The molecule has 0 atom stereocenters. The Morgan fingerprint density at radius 1 is 1.25 bits per heavy atom. The zero-order valence-electron chi connectivity index (χ0n) is 18.2. The summed E-state index contributed by atoms with van der Waals surface area (Å²) >= 11 is 1.55. The largest absolute Gasteiger partial charge is 0.494 e. The highest BCUT2D eigenvalue weighted by Gasteiger charge is 2.23. The number of aryl methyl sites for hydroxylation is 1. The highest BCUT2D eigenvalue weighted by atomic mass is 32.1. The predicted octanol–water partition coefficient (Wildman–Crippen LogP) is 5.41. The summed E-state index contributed by atoms with van der Waals surface area (Å²) in [5.41, 5.74) is 3.86. The zero-order chi connectivity index (χ0) is 22.1. The molecule has 5 rings (SSSR count). The van der Waals surface area contributed by atoms with Gasteiger partial charge in [0.25, 0.3) is 5.91 Å². The van der Waals surface area contributed by atoms with Crippen molar-refractivity contribution in [2.75, 3.05) is 18.5 Å². The van der Waals surface area contributed by atoms with Crippen molar-refractivity contribution < 1.29 is 13.9 Å². The van der Waals surface area contributed by atoms with Gasteiger partial charge in [-0.05, 0) is 37.6 Å². The number of anilines is 1. The Morgan fingerprint density at radius 3 is 2.91 bits per heavy atom. The third-order valence-electron chi connectivity index (χ3n) is 5.70. The molecule has 0 spiro atoms. The second kappa shape index (κ2) is 8.76. The molecule has 164 valence electrons. The van der Waals surface area contributed by atoms with E-state index in [0.717, 1.165) is 48.4 Å². The summed E-state index contributed by atoms with van der Waals surface area (Å²) in [7, 11) is 0. The Balaban J connectivity index is 1.30. The molecule has 1 amide bonds. The van der Waals surface area contributed by atoms with E-state index in [2.05, 4.69) is 39.5 Å². The van der Waals surface area contributed by atoms with E-state index in [0.29, 0.717) is 23.1 Å². The lowest BCUT2D eigenvalue weighted by atomic mass is 10.1. The van der Waals surface area contributed by atoms with Crippen LogP contribution in [0.2, 0.25) is 0 Å². The molecular weight excluding hydrogens is 422 g/mol. The topological polar surface area (TPSA) is 67.6 Å². The molecule has 0 saturated carbocycles. The van der Waals surface area contributed by atoms with Crippen LogP contribution >= 0.6 is 11.3 Å². The van der Waals surface area contributed by atoms with Crippen LogP contribution in [0.15, 0.2) is 52.9 Å². The minimum absolute atomic E-state index is 0.274. The van der Waals surface area contributed by atoms with Crippen molar-refractivity contribution in [2.24, 2.45) is 0 Å². The summed E-state index contributed by atoms with van der Waals surface area (Å²) in [5, 5.41) is 4.45. The average Bonchev–Trinajstić information content (AvgIpc) is 3.34. The van der Waals surface area contributed by atoms with E-state index in [4.69, 9.17) is 9.15 Å². The highest BCUT2D eigenvalue weighted by molar-refractivity contribution is 7.15. The van der Waals surface area contributed by atoms with Crippen LogP contribution in [0.25, 0.3) is 11.0 Å². The van der Waals surface area contributed by atoms with Crippen molar-refractivity contribution in [1.82, 2.24) is 9.88 Å². The van der Waals surface area contributed by atoms with Crippen molar-refractivity contribution >= 4 is 33.3 Å². The minimum Gasteiger partial charge on any atom is -0.494 e. The number of nitrogens with one attached hydrogen (secondary N) is 1. The maximum absolute atomic E-state index is 13.0. The molecule has 32 heavy (non-hydrogen) atoms. The Hall–Kier alpha value is -3.16. The lowest BCUT2D eigenvalue weighted by molar-refractivity contribution is 0.0998. The van der Waals surface area contributed by atoms with E-state index in [1.807, 2.05) is 38.1 Å². The van der Waals surface area contributed by atoms with Gasteiger partial charge in [0.05, 0.1) is 12.3 Å². The van der Waals surface area contributed by atoms with Gasteiger partial charge in [-0.3, -0.25) is 15.0 Å². The van der Waals surface area contributed by atoms with Crippen molar-refractivity contribution in [3.63, 3.8) is 0 Å². The van der Waals surface area contributed by atoms with Crippen LogP contribution in [0.5, 0.6) is 5.75 Å². The molecule has 0 saturated heterocycles. The fourth-order valence-corrected chi connectivity index (χ4v) is 5.15. The number of aromatic nitrogens is 1. The number of nitrogens with zero attached hydrogens (tertiary/aromatic N) is 2. The number of carbonyl (C=O) groups excluding carboxylic acids is 1. The molecule has 0 unspecified atom stereocenters. The summed E-state index contributed by atoms with van der Waals surface area (Å²) < 4.78 is 11.4. The van der Waals surface area contributed by atoms with E-state index in [9.17, 15) is 4.79 Å². The number of thiazole rings is 1. The van der Waals surface area contributed by atoms with Gasteiger partial charge in [0.15, 0.2) is 10.9 Å². The van der Waals surface area contributed by atoms with Crippen LogP contribution < -0.4 is 10.1 Å². The summed E-state index contributed by atoms with van der Waals surface area (Å²) in [6.07, 6.45) is 0.887. The fourth-order valence-electron chi connectivity index (χ4n) is 4.11. The van der Waals surface area contributed by atoms with Gasteiger partial charge in [0, 0.05) is 41.9 Å². The van der Waals surface area contributed by atoms with Gasteiger partial charge in [0.2, 0.25) is 0 Å². The second-order valence-electron chi connectivity index (χ2n) is 7.94. The molecule has 2 aromatic heterocycles. The smallest absolute Gasteiger partial charge is 0.293 e. The quantitative estimate of drug-likeness (QED) is 0.428. The molecule has 7 heteroatoms. The van der Waals surface area contributed by atoms with Crippen LogP contribution in [0, 0.1) is 6.92 Å². The molecule has 1 aliphatic heterocycles. The summed E-state index contributed by atoms with van der Waals surface area (Å²) in [6, 6.07) is 16.1. The average molecular weight is 448 g/mol. The first kappa shape index (κ1) is 20.7. The normalized spacial score (nSPS) is 13.8. The van der Waals surface area contributed by atoms with Crippen molar-refractivity contribution in [3.05, 3.63) is 76.0 Å². The van der Waals surface area contributed by atoms with E-state index in [1.165, 1.54) is 10.4 Å². The Kier molecular flexibility index (Phi) is 5.68. The monoisotopic (exact) mass is 447 g/mol. The Morgan fingerprint density at radius 2 is 2.09 bits per heavy atom. The first-order valence-electron chi connectivity index (χ1n) is 10.8. The van der Waals surface area contributed by atoms with Gasteiger partial charge in [-0.25, -0.2) is 4.98 Å². The first-order valence-corrected chi connectivity index (χ1v) is 11.6. The number of hydrogen-bond donors (Lipinski definition) is 1. The molecule has 1 aliphatic rings. The van der Waals surface area contributed by atoms with Gasteiger partial charge in [-0.2, -0.15) is 0 Å². The molecule has 6 nitrogen and oxygen atoms in total. The van der Waals surface area contributed by atoms with Gasteiger partial charge in [0.1, 0.15) is 11.3 Å². The van der Waals surface area contributed by atoms with E-state index in [1.54, 1.807) is 11.3 Å². The van der Waals surface area contributed by atoms with Crippen LogP contribution in [0.1, 0.15) is 39.2 Å². The second-order valence-corrected chi connectivity index (χ2v) is 9.02. The SMILES string of the molecule is CCOc1ccc2oc(C(=O)Nc3nc4c(s3)CN(Cc3ccccc3)CC4)c(C)c2c1. The third kappa shape index (κ3) is 4.13. The number of hydrogen-bond acceptors (Lipinski definition) is 6. The standard InChI is InChI=1S/C25H25N3O3S/c1-3-30-18-9-10-21-19(13-18)16(2)23(31-21)24(29)27-25-26-20-11-12-28(15-22(20)32-25)14-17-7-5-4-6-8-17/h4-10,13H,3,11-12,14-15H2,1-2H3,(H,26,27,29). The van der Waals surface area contributed by atoms with Crippen molar-refractivity contribution in [1.29, 1.82) is 0 Å². The molecule has 0 bridgehead atoms. The molecule has 0 aliphatic carbocycles. The van der Waals surface area contributed by atoms with Gasteiger partial charge >= 0.3 is 0 Å². The first-order chi connectivity index (χ1) is 15.6. The predicted molar refractivity (Wildman–Crippen MR) is 126 cm³/mol. The van der Waals surface area contributed by atoms with Crippen LogP contribution in [-0.2, 0) is 19.5 Å².